The summed E-state index contributed by atoms with van der Waals surface area (Å²) in [7, 11) is 0. The van der Waals surface area contributed by atoms with Gasteiger partial charge in [0.15, 0.2) is 0 Å². The minimum atomic E-state index is 0.0574. The summed E-state index contributed by atoms with van der Waals surface area (Å²) in [6.07, 6.45) is 5.00. The lowest BCUT2D eigenvalue weighted by atomic mass is 9.68. The van der Waals surface area contributed by atoms with Gasteiger partial charge in [-0.3, -0.25) is 4.79 Å². The molecule has 2 bridgehead atoms. The Labute approximate surface area is 167 Å². The number of amides is 1. The molecule has 2 aromatic carbocycles. The molecule has 2 saturated carbocycles. The maximum absolute atomic E-state index is 12.7. The van der Waals surface area contributed by atoms with Gasteiger partial charge < -0.3 is 10.6 Å². The van der Waals surface area contributed by atoms with E-state index in [1.807, 2.05) is 6.07 Å². The standard InChI is InChI=1S/C25H30N2O/c1-3-15(2)26-25(28)19-11-12-21-20(14-19)22-17-9-10-18(13-17)23(22)24(27-21)16-7-5-4-6-8-16/h4-8,11-12,14-15,17-18,22-24,27H,3,9-10,13H2,1-2H3,(H,26,28)/t15-,17-,18-,22-,23+,24+/m1/s1. The van der Waals surface area contributed by atoms with Gasteiger partial charge in [0.25, 0.3) is 5.91 Å². The molecule has 3 nitrogen and oxygen atoms in total. The number of nitrogens with one attached hydrogen (secondary N) is 2. The lowest BCUT2D eigenvalue weighted by molar-refractivity contribution is 0.0939. The highest BCUT2D eigenvalue weighted by molar-refractivity contribution is 5.95. The van der Waals surface area contributed by atoms with E-state index in [1.54, 1.807) is 0 Å². The monoisotopic (exact) mass is 374 g/mol. The van der Waals surface area contributed by atoms with Crippen molar-refractivity contribution in [2.45, 2.75) is 57.5 Å². The fourth-order valence-electron chi connectivity index (χ4n) is 6.03. The first-order valence-electron chi connectivity index (χ1n) is 10.9. The third-order valence-electron chi connectivity index (χ3n) is 7.50. The molecule has 2 fully saturated rings. The minimum absolute atomic E-state index is 0.0574. The first-order valence-corrected chi connectivity index (χ1v) is 10.9. The van der Waals surface area contributed by atoms with Gasteiger partial charge >= 0.3 is 0 Å². The second-order valence-electron chi connectivity index (χ2n) is 9.05. The molecule has 5 rings (SSSR count). The highest BCUT2D eigenvalue weighted by Crippen LogP contribution is 2.63. The van der Waals surface area contributed by atoms with Crippen molar-refractivity contribution in [2.24, 2.45) is 17.8 Å². The van der Waals surface area contributed by atoms with Gasteiger partial charge in [0.05, 0.1) is 6.04 Å². The van der Waals surface area contributed by atoms with E-state index in [0.29, 0.717) is 17.9 Å². The van der Waals surface area contributed by atoms with Gasteiger partial charge in [-0.05, 0) is 85.6 Å². The SMILES string of the molecule is CC[C@@H](C)NC(=O)c1ccc2c(c1)[C@H]1[C@@H]3CC[C@H](C3)[C@@H]1[C@H](c1ccccc1)N2. The van der Waals surface area contributed by atoms with Gasteiger partial charge in [-0.25, -0.2) is 0 Å². The summed E-state index contributed by atoms with van der Waals surface area (Å²) in [5, 5.41) is 6.98. The van der Waals surface area contributed by atoms with E-state index in [-0.39, 0.29) is 11.9 Å². The fourth-order valence-corrected chi connectivity index (χ4v) is 6.03. The molecule has 2 N–H and O–H groups in total. The molecule has 0 saturated heterocycles. The van der Waals surface area contributed by atoms with Crippen molar-refractivity contribution in [2.75, 3.05) is 5.32 Å². The average molecular weight is 375 g/mol. The maximum atomic E-state index is 12.7. The molecule has 6 atom stereocenters. The van der Waals surface area contributed by atoms with E-state index in [9.17, 15) is 4.79 Å². The number of benzene rings is 2. The molecule has 1 aliphatic heterocycles. The normalized spacial score (nSPS) is 30.9. The zero-order valence-corrected chi connectivity index (χ0v) is 16.8. The van der Waals surface area contributed by atoms with Gasteiger partial charge in [-0.15, -0.1) is 0 Å². The molecule has 0 unspecified atom stereocenters. The number of carbonyl (C=O) groups is 1. The number of hydrogen-bond donors (Lipinski definition) is 2. The molecule has 1 heterocycles. The first-order chi connectivity index (χ1) is 13.7. The molecular weight excluding hydrogens is 344 g/mol. The first kappa shape index (κ1) is 17.8. The van der Waals surface area contributed by atoms with Crippen molar-refractivity contribution < 1.29 is 4.79 Å². The zero-order chi connectivity index (χ0) is 19.3. The predicted octanol–water partition coefficient (Wildman–Crippen LogP) is 5.51. The van der Waals surface area contributed by atoms with Crippen LogP contribution >= 0.6 is 0 Å². The molecule has 3 heteroatoms. The Hall–Kier alpha value is -2.29. The second-order valence-corrected chi connectivity index (χ2v) is 9.05. The predicted molar refractivity (Wildman–Crippen MR) is 114 cm³/mol. The van der Waals surface area contributed by atoms with E-state index in [0.717, 1.165) is 23.8 Å². The molecule has 146 valence electrons. The Balaban J connectivity index is 1.52. The molecule has 3 aliphatic rings. The Kier molecular flexibility index (Phi) is 4.41. The minimum Gasteiger partial charge on any atom is -0.378 e. The summed E-state index contributed by atoms with van der Waals surface area (Å²) in [6.45, 7) is 4.17. The van der Waals surface area contributed by atoms with Crippen molar-refractivity contribution in [1.29, 1.82) is 0 Å². The number of rotatable bonds is 4. The van der Waals surface area contributed by atoms with Gasteiger partial charge in [-0.2, -0.15) is 0 Å². The fraction of sp³-hybridized carbons (Fsp3) is 0.480. The van der Waals surface area contributed by atoms with Crippen LogP contribution in [0, 0.1) is 17.8 Å². The summed E-state index contributed by atoms with van der Waals surface area (Å²) >= 11 is 0. The van der Waals surface area contributed by atoms with Crippen LogP contribution in [0.4, 0.5) is 5.69 Å². The van der Waals surface area contributed by atoms with E-state index in [2.05, 4.69) is 66.9 Å². The lowest BCUT2D eigenvalue weighted by Gasteiger charge is -2.43. The van der Waals surface area contributed by atoms with Crippen LogP contribution in [-0.4, -0.2) is 11.9 Å². The molecule has 2 aliphatic carbocycles. The van der Waals surface area contributed by atoms with Crippen molar-refractivity contribution in [3.63, 3.8) is 0 Å². The topological polar surface area (TPSA) is 41.1 Å². The van der Waals surface area contributed by atoms with Crippen LogP contribution in [-0.2, 0) is 0 Å². The van der Waals surface area contributed by atoms with Crippen LogP contribution < -0.4 is 10.6 Å². The van der Waals surface area contributed by atoms with Gasteiger partial charge in [0.2, 0.25) is 0 Å². The maximum Gasteiger partial charge on any atom is 0.251 e. The van der Waals surface area contributed by atoms with Crippen molar-refractivity contribution in [3.8, 4) is 0 Å². The Morgan fingerprint density at radius 3 is 2.71 bits per heavy atom. The molecule has 28 heavy (non-hydrogen) atoms. The molecule has 2 aromatic rings. The Morgan fingerprint density at radius 1 is 1.14 bits per heavy atom. The van der Waals surface area contributed by atoms with Crippen molar-refractivity contribution in [1.82, 2.24) is 5.32 Å². The molecule has 0 radical (unpaired) electrons. The van der Waals surface area contributed by atoms with Crippen LogP contribution in [0.3, 0.4) is 0 Å². The smallest absolute Gasteiger partial charge is 0.251 e. The van der Waals surface area contributed by atoms with Gasteiger partial charge in [0.1, 0.15) is 0 Å². The van der Waals surface area contributed by atoms with Crippen LogP contribution in [0.1, 0.15) is 73.0 Å². The van der Waals surface area contributed by atoms with Gasteiger partial charge in [0, 0.05) is 17.3 Å². The third kappa shape index (κ3) is 2.83. The highest BCUT2D eigenvalue weighted by Gasteiger charge is 2.53. The lowest BCUT2D eigenvalue weighted by Crippen LogP contribution is -2.36. The van der Waals surface area contributed by atoms with Gasteiger partial charge in [-0.1, -0.05) is 37.3 Å². The van der Waals surface area contributed by atoms with Crippen molar-refractivity contribution in [3.05, 3.63) is 65.2 Å². The van der Waals surface area contributed by atoms with Crippen LogP contribution in [0.5, 0.6) is 0 Å². The molecule has 1 amide bonds. The number of carbonyl (C=O) groups excluding carboxylic acids is 1. The van der Waals surface area contributed by atoms with E-state index in [1.165, 1.54) is 36.1 Å². The summed E-state index contributed by atoms with van der Waals surface area (Å²) in [4.78, 5) is 12.7. The summed E-state index contributed by atoms with van der Waals surface area (Å²) in [5.74, 6) is 2.86. The number of hydrogen-bond acceptors (Lipinski definition) is 2. The summed E-state index contributed by atoms with van der Waals surface area (Å²) in [5.41, 5.74) is 4.80. The number of anilines is 1. The highest BCUT2D eigenvalue weighted by atomic mass is 16.1. The third-order valence-corrected chi connectivity index (χ3v) is 7.50. The van der Waals surface area contributed by atoms with Crippen LogP contribution in [0.25, 0.3) is 0 Å². The molecular formula is C25H30N2O. The Morgan fingerprint density at radius 2 is 1.93 bits per heavy atom. The Bertz CT molecular complexity index is 877. The van der Waals surface area contributed by atoms with Crippen molar-refractivity contribution >= 4 is 11.6 Å². The van der Waals surface area contributed by atoms with E-state index >= 15 is 0 Å². The van der Waals surface area contributed by atoms with E-state index in [4.69, 9.17) is 0 Å². The van der Waals surface area contributed by atoms with E-state index < -0.39 is 0 Å². The average Bonchev–Trinajstić information content (AvgIpc) is 3.36. The molecule has 0 aromatic heterocycles. The summed E-state index contributed by atoms with van der Waals surface area (Å²) < 4.78 is 0. The van der Waals surface area contributed by atoms with Crippen LogP contribution in [0.2, 0.25) is 0 Å². The quantitative estimate of drug-likeness (QED) is 0.741. The largest absolute Gasteiger partial charge is 0.378 e. The second kappa shape index (κ2) is 6.95. The summed E-state index contributed by atoms with van der Waals surface area (Å²) in [6, 6.07) is 17.8. The number of fused-ring (bicyclic) bond motifs is 7. The van der Waals surface area contributed by atoms with Crippen LogP contribution in [0.15, 0.2) is 48.5 Å². The molecule has 0 spiro atoms. The zero-order valence-electron chi connectivity index (χ0n) is 16.8.